The number of benzene rings is 1. The number of amidine groups is 1. The number of aryl methyl sites for hydroxylation is 1. The number of aliphatic hydroxyl groups is 1. The van der Waals surface area contributed by atoms with Gasteiger partial charge < -0.3 is 10.0 Å². The number of anilines is 1. The molecule has 2 aromatic rings. The Morgan fingerprint density at radius 3 is 2.80 bits per heavy atom. The molecule has 0 amide bonds. The maximum Gasteiger partial charge on any atom is 0.139 e. The monoisotopic (exact) mass is 305 g/mol. The smallest absolute Gasteiger partial charge is 0.139 e. The third-order valence-corrected chi connectivity index (χ3v) is 4.38. The number of para-hydroxylation sites is 1. The molecule has 0 spiro atoms. The molecular formula is C14H12ClN3OS. The largest absolute Gasteiger partial charge is 0.510 e. The lowest BCUT2D eigenvalue weighted by Gasteiger charge is -2.19. The summed E-state index contributed by atoms with van der Waals surface area (Å²) in [5, 5.41) is 21.6. The molecule has 1 aromatic carbocycles. The van der Waals surface area contributed by atoms with E-state index in [1.165, 1.54) is 11.3 Å². The molecule has 1 aliphatic heterocycles. The average Bonchev–Trinajstić information content (AvgIpc) is 2.94. The lowest BCUT2D eigenvalue weighted by molar-refractivity contribution is 0.411. The van der Waals surface area contributed by atoms with Gasteiger partial charge in [0.05, 0.1) is 22.8 Å². The van der Waals surface area contributed by atoms with Crippen molar-refractivity contribution in [3.05, 3.63) is 51.1 Å². The molecule has 1 aliphatic rings. The van der Waals surface area contributed by atoms with E-state index in [1.54, 1.807) is 11.0 Å². The molecule has 0 aliphatic carbocycles. The van der Waals surface area contributed by atoms with Crippen LogP contribution >= 0.6 is 22.9 Å². The van der Waals surface area contributed by atoms with Gasteiger partial charge in [-0.1, -0.05) is 23.7 Å². The first-order valence-corrected chi connectivity index (χ1v) is 7.29. The highest BCUT2D eigenvalue weighted by Gasteiger charge is 2.31. The van der Waals surface area contributed by atoms with E-state index < -0.39 is 0 Å². The van der Waals surface area contributed by atoms with Crippen molar-refractivity contribution in [2.24, 2.45) is 0 Å². The fraction of sp³-hybridized carbons (Fsp3) is 0.143. The molecule has 102 valence electrons. The minimum Gasteiger partial charge on any atom is -0.510 e. The van der Waals surface area contributed by atoms with E-state index in [4.69, 9.17) is 17.0 Å². The first-order valence-electron chi connectivity index (χ1n) is 6.03. The molecule has 6 heteroatoms. The fourth-order valence-electron chi connectivity index (χ4n) is 2.15. The summed E-state index contributed by atoms with van der Waals surface area (Å²) in [5.74, 6) is 0.384. The molecule has 0 saturated heterocycles. The number of thiazole rings is 1. The summed E-state index contributed by atoms with van der Waals surface area (Å²) in [5.41, 5.74) is 2.09. The molecule has 0 bridgehead atoms. The van der Waals surface area contributed by atoms with Crippen LogP contribution in [0.5, 0.6) is 0 Å². The SMILES string of the molecule is Cc1csc(C2=C(O)CN(c3ccccc3Cl)C2=N)n1. The lowest BCUT2D eigenvalue weighted by atomic mass is 10.2. The molecule has 0 radical (unpaired) electrons. The van der Waals surface area contributed by atoms with Gasteiger partial charge in [0.1, 0.15) is 16.6 Å². The first kappa shape index (κ1) is 13.1. The van der Waals surface area contributed by atoms with Crippen molar-refractivity contribution in [1.29, 1.82) is 5.41 Å². The van der Waals surface area contributed by atoms with E-state index in [0.29, 0.717) is 21.3 Å². The van der Waals surface area contributed by atoms with Crippen LogP contribution in [-0.2, 0) is 0 Å². The number of halogens is 1. The molecule has 2 N–H and O–H groups in total. The number of hydrogen-bond acceptors (Lipinski definition) is 4. The molecular weight excluding hydrogens is 294 g/mol. The van der Waals surface area contributed by atoms with Gasteiger partial charge >= 0.3 is 0 Å². The zero-order chi connectivity index (χ0) is 14.3. The van der Waals surface area contributed by atoms with Gasteiger partial charge in [-0.2, -0.15) is 0 Å². The molecule has 20 heavy (non-hydrogen) atoms. The van der Waals surface area contributed by atoms with Gasteiger partial charge in [0.2, 0.25) is 0 Å². The van der Waals surface area contributed by atoms with Gasteiger partial charge in [0, 0.05) is 11.1 Å². The van der Waals surface area contributed by atoms with Crippen LogP contribution in [0.25, 0.3) is 5.57 Å². The number of aliphatic hydroxyl groups excluding tert-OH is 1. The Morgan fingerprint density at radius 1 is 1.40 bits per heavy atom. The molecule has 0 atom stereocenters. The molecule has 0 unspecified atom stereocenters. The average molecular weight is 306 g/mol. The summed E-state index contributed by atoms with van der Waals surface area (Å²) in [4.78, 5) is 6.03. The van der Waals surface area contributed by atoms with Crippen molar-refractivity contribution in [3.8, 4) is 0 Å². The van der Waals surface area contributed by atoms with Crippen LogP contribution in [0.4, 0.5) is 5.69 Å². The second-order valence-corrected chi connectivity index (χ2v) is 5.77. The zero-order valence-corrected chi connectivity index (χ0v) is 12.3. The quantitative estimate of drug-likeness (QED) is 0.885. The van der Waals surface area contributed by atoms with E-state index in [1.807, 2.05) is 30.5 Å². The van der Waals surface area contributed by atoms with E-state index in [9.17, 15) is 5.11 Å². The van der Waals surface area contributed by atoms with Crippen LogP contribution < -0.4 is 4.90 Å². The predicted molar refractivity (Wildman–Crippen MR) is 82.9 cm³/mol. The third-order valence-electron chi connectivity index (χ3n) is 3.08. The number of nitrogens with zero attached hydrogens (tertiary/aromatic N) is 2. The third kappa shape index (κ3) is 2.09. The van der Waals surface area contributed by atoms with Gasteiger partial charge in [-0.05, 0) is 19.1 Å². The van der Waals surface area contributed by atoms with Crippen molar-refractivity contribution in [2.75, 3.05) is 11.4 Å². The van der Waals surface area contributed by atoms with E-state index in [0.717, 1.165) is 5.69 Å². The highest BCUT2D eigenvalue weighted by molar-refractivity contribution is 7.11. The predicted octanol–water partition coefficient (Wildman–Crippen LogP) is 3.87. The van der Waals surface area contributed by atoms with E-state index in [2.05, 4.69) is 4.98 Å². The summed E-state index contributed by atoms with van der Waals surface area (Å²) in [7, 11) is 0. The summed E-state index contributed by atoms with van der Waals surface area (Å²) >= 11 is 7.59. The van der Waals surface area contributed by atoms with Gasteiger partial charge in [0.15, 0.2) is 0 Å². The molecule has 2 heterocycles. The number of aromatic nitrogens is 1. The first-order chi connectivity index (χ1) is 9.58. The second kappa shape index (κ2) is 4.92. The Hall–Kier alpha value is -1.85. The Bertz CT molecular complexity index is 723. The summed E-state index contributed by atoms with van der Waals surface area (Å²) in [6.07, 6.45) is 0. The van der Waals surface area contributed by atoms with Gasteiger partial charge in [-0.15, -0.1) is 11.3 Å². The van der Waals surface area contributed by atoms with Crippen LogP contribution in [0.1, 0.15) is 10.7 Å². The molecule has 0 fully saturated rings. The number of nitrogens with one attached hydrogen (secondary N) is 1. The summed E-state index contributed by atoms with van der Waals surface area (Å²) in [6.45, 7) is 2.14. The maximum atomic E-state index is 10.2. The van der Waals surface area contributed by atoms with Gasteiger partial charge in [-0.25, -0.2) is 4.98 Å². The number of hydrogen-bond donors (Lipinski definition) is 2. The van der Waals surface area contributed by atoms with Crippen LogP contribution in [0.15, 0.2) is 35.4 Å². The van der Waals surface area contributed by atoms with Gasteiger partial charge in [-0.3, -0.25) is 5.41 Å². The van der Waals surface area contributed by atoms with Crippen molar-refractivity contribution in [1.82, 2.24) is 4.98 Å². The van der Waals surface area contributed by atoms with Crippen LogP contribution in [-0.4, -0.2) is 22.5 Å². The minimum atomic E-state index is 0.157. The molecule has 3 rings (SSSR count). The summed E-state index contributed by atoms with van der Waals surface area (Å²) < 4.78 is 0. The van der Waals surface area contributed by atoms with Crippen molar-refractivity contribution in [2.45, 2.75) is 6.92 Å². The molecule has 0 saturated carbocycles. The Kier molecular flexibility index (Phi) is 3.23. The van der Waals surface area contributed by atoms with Gasteiger partial charge in [0.25, 0.3) is 0 Å². The highest BCUT2D eigenvalue weighted by atomic mass is 35.5. The van der Waals surface area contributed by atoms with Crippen molar-refractivity contribution < 1.29 is 5.11 Å². The number of rotatable bonds is 2. The second-order valence-electron chi connectivity index (χ2n) is 4.50. The van der Waals surface area contributed by atoms with Crippen LogP contribution in [0, 0.1) is 12.3 Å². The Labute approximate surface area is 125 Å². The Morgan fingerprint density at radius 2 is 2.15 bits per heavy atom. The van der Waals surface area contributed by atoms with Crippen molar-refractivity contribution >= 4 is 40.0 Å². The summed E-state index contributed by atoms with van der Waals surface area (Å²) in [6, 6.07) is 7.30. The van der Waals surface area contributed by atoms with E-state index in [-0.39, 0.29) is 18.1 Å². The fourth-order valence-corrected chi connectivity index (χ4v) is 3.25. The normalized spacial score (nSPS) is 15.3. The zero-order valence-electron chi connectivity index (χ0n) is 10.7. The van der Waals surface area contributed by atoms with E-state index >= 15 is 0 Å². The lowest BCUT2D eigenvalue weighted by Crippen LogP contribution is -2.26. The van der Waals surface area contributed by atoms with Crippen LogP contribution in [0.3, 0.4) is 0 Å². The molecule has 4 nitrogen and oxygen atoms in total. The molecule has 1 aromatic heterocycles. The minimum absolute atomic E-state index is 0.157. The maximum absolute atomic E-state index is 10.2. The topological polar surface area (TPSA) is 60.2 Å². The highest BCUT2D eigenvalue weighted by Crippen LogP contribution is 2.35. The van der Waals surface area contributed by atoms with Crippen LogP contribution in [0.2, 0.25) is 5.02 Å². The Balaban J connectivity index is 1.99. The standard InChI is InChI=1S/C14H12ClN3OS/c1-8-7-20-14(17-8)12-11(19)6-18(13(12)16)10-5-3-2-4-9(10)15/h2-5,7,16,19H,6H2,1H3. The van der Waals surface area contributed by atoms with Crippen molar-refractivity contribution in [3.63, 3.8) is 0 Å².